The molecule has 2 aliphatic rings. The van der Waals surface area contributed by atoms with Gasteiger partial charge in [-0.15, -0.1) is 12.4 Å². The van der Waals surface area contributed by atoms with Crippen molar-refractivity contribution in [1.82, 2.24) is 5.32 Å². The smallest absolute Gasteiger partial charge is 0.335 e. The molecule has 0 aromatic heterocycles. The minimum Gasteiger partial charge on any atom is -0.480 e. The number of hydrogen-bond acceptors (Lipinski definition) is 3. The van der Waals surface area contributed by atoms with Crippen LogP contribution in [-0.4, -0.2) is 34.7 Å². The van der Waals surface area contributed by atoms with Gasteiger partial charge in [0, 0.05) is 0 Å². The Hall–Kier alpha value is -1.59. The van der Waals surface area contributed by atoms with Gasteiger partial charge in [-0.2, -0.15) is 0 Å². The van der Waals surface area contributed by atoms with Crippen LogP contribution in [0, 0.1) is 17.8 Å². The maximum Gasteiger partial charge on any atom is 0.335 e. The summed E-state index contributed by atoms with van der Waals surface area (Å²) in [7, 11) is 0. The molecule has 1 aromatic rings. The van der Waals surface area contributed by atoms with Crippen LogP contribution in [0.2, 0.25) is 0 Å². The molecule has 3 rings (SSSR count). The Labute approximate surface area is 147 Å². The summed E-state index contributed by atoms with van der Waals surface area (Å²) in [5.74, 6) is 0.0337. The van der Waals surface area contributed by atoms with Crippen LogP contribution in [0.5, 0.6) is 0 Å². The molecular weight excluding hydrogens is 330 g/mol. The van der Waals surface area contributed by atoms with Crippen molar-refractivity contribution in [2.45, 2.75) is 38.1 Å². The average Bonchev–Trinajstić information content (AvgIpc) is 2.54. The third-order valence-electron chi connectivity index (χ3n) is 5.44. The Morgan fingerprint density at radius 3 is 2.38 bits per heavy atom. The van der Waals surface area contributed by atoms with Crippen LogP contribution in [0.4, 0.5) is 0 Å². The Morgan fingerprint density at radius 1 is 1.04 bits per heavy atom. The summed E-state index contributed by atoms with van der Waals surface area (Å²) >= 11 is 0. The fourth-order valence-electron chi connectivity index (χ4n) is 4.15. The first-order valence-corrected chi connectivity index (χ1v) is 8.31. The van der Waals surface area contributed by atoms with Crippen molar-refractivity contribution in [2.75, 3.05) is 6.54 Å². The van der Waals surface area contributed by atoms with E-state index in [0.717, 1.165) is 32.2 Å². The van der Waals surface area contributed by atoms with E-state index in [2.05, 4.69) is 5.32 Å². The molecular formula is C18H24ClNO4. The van der Waals surface area contributed by atoms with Crippen molar-refractivity contribution in [1.29, 1.82) is 0 Å². The molecule has 132 valence electrons. The van der Waals surface area contributed by atoms with Crippen molar-refractivity contribution >= 4 is 24.3 Å². The second-order valence-corrected chi connectivity index (χ2v) is 6.94. The maximum absolute atomic E-state index is 11.2. The molecule has 3 unspecified atom stereocenters. The predicted molar refractivity (Wildman–Crippen MR) is 92.7 cm³/mol. The zero-order chi connectivity index (χ0) is 16.4. The van der Waals surface area contributed by atoms with E-state index in [1.807, 2.05) is 12.1 Å². The van der Waals surface area contributed by atoms with Gasteiger partial charge in [0.25, 0.3) is 0 Å². The SMILES string of the molecule is Cl.O=C(O)c1ccc(CC2CC[C@H]3CNC(C(=O)O)CC3C2)cc1. The van der Waals surface area contributed by atoms with Crippen LogP contribution in [0.25, 0.3) is 0 Å². The number of benzene rings is 1. The van der Waals surface area contributed by atoms with Crippen LogP contribution in [0.1, 0.15) is 41.6 Å². The van der Waals surface area contributed by atoms with Gasteiger partial charge >= 0.3 is 11.9 Å². The van der Waals surface area contributed by atoms with Crippen LogP contribution < -0.4 is 5.32 Å². The second kappa shape index (κ2) is 7.99. The summed E-state index contributed by atoms with van der Waals surface area (Å²) in [6, 6.07) is 6.73. The highest BCUT2D eigenvalue weighted by molar-refractivity contribution is 5.87. The average molecular weight is 354 g/mol. The summed E-state index contributed by atoms with van der Waals surface area (Å²) in [6.07, 6.45) is 5.09. The number of carbonyl (C=O) groups is 2. The van der Waals surface area contributed by atoms with E-state index < -0.39 is 18.0 Å². The molecule has 3 N–H and O–H groups in total. The first-order valence-electron chi connectivity index (χ1n) is 8.31. The Morgan fingerprint density at radius 2 is 1.75 bits per heavy atom. The molecule has 5 nitrogen and oxygen atoms in total. The highest BCUT2D eigenvalue weighted by atomic mass is 35.5. The molecule has 6 heteroatoms. The Balaban J connectivity index is 0.00000208. The molecule has 0 bridgehead atoms. The highest BCUT2D eigenvalue weighted by Gasteiger charge is 2.37. The molecule has 1 aromatic carbocycles. The van der Waals surface area contributed by atoms with Crippen LogP contribution in [-0.2, 0) is 11.2 Å². The first-order chi connectivity index (χ1) is 11.0. The number of aliphatic carboxylic acids is 1. The minimum atomic E-state index is -0.897. The molecule has 0 radical (unpaired) electrons. The number of carboxylic acids is 2. The van der Waals surface area contributed by atoms with E-state index in [1.54, 1.807) is 12.1 Å². The van der Waals surface area contributed by atoms with Crippen molar-refractivity contribution in [3.05, 3.63) is 35.4 Å². The van der Waals surface area contributed by atoms with Gasteiger partial charge in [0.15, 0.2) is 0 Å². The molecule has 0 spiro atoms. The van der Waals surface area contributed by atoms with Crippen LogP contribution in [0.3, 0.4) is 0 Å². The van der Waals surface area contributed by atoms with Gasteiger partial charge in [-0.05, 0) is 74.1 Å². The van der Waals surface area contributed by atoms with E-state index >= 15 is 0 Å². The molecule has 2 fully saturated rings. The van der Waals surface area contributed by atoms with Crippen molar-refractivity contribution in [3.8, 4) is 0 Å². The summed E-state index contributed by atoms with van der Waals surface area (Å²) in [5.41, 5.74) is 1.49. The van der Waals surface area contributed by atoms with E-state index in [-0.39, 0.29) is 12.4 Å². The fraction of sp³-hybridized carbons (Fsp3) is 0.556. The number of hydrogen-bond donors (Lipinski definition) is 3. The van der Waals surface area contributed by atoms with E-state index in [9.17, 15) is 14.7 Å². The molecule has 1 aliphatic carbocycles. The zero-order valence-electron chi connectivity index (χ0n) is 13.5. The summed E-state index contributed by atoms with van der Waals surface area (Å²) in [4.78, 5) is 22.1. The predicted octanol–water partition coefficient (Wildman–Crippen LogP) is 2.83. The van der Waals surface area contributed by atoms with Crippen molar-refractivity contribution in [3.63, 3.8) is 0 Å². The van der Waals surface area contributed by atoms with Crippen molar-refractivity contribution in [2.24, 2.45) is 17.8 Å². The second-order valence-electron chi connectivity index (χ2n) is 6.94. The lowest BCUT2D eigenvalue weighted by molar-refractivity contribution is -0.141. The zero-order valence-corrected chi connectivity index (χ0v) is 14.3. The number of aromatic carboxylic acids is 1. The van der Waals surface area contributed by atoms with Gasteiger partial charge < -0.3 is 15.5 Å². The summed E-state index contributed by atoms with van der Waals surface area (Å²) in [5, 5.41) is 21.3. The number of piperidine rings is 1. The van der Waals surface area contributed by atoms with Crippen LogP contribution >= 0.6 is 12.4 Å². The third-order valence-corrected chi connectivity index (χ3v) is 5.44. The normalized spacial score (nSPS) is 29.2. The molecule has 1 saturated heterocycles. The fourth-order valence-corrected chi connectivity index (χ4v) is 4.15. The lowest BCUT2D eigenvalue weighted by Crippen LogP contribution is -2.49. The number of fused-ring (bicyclic) bond motifs is 1. The molecule has 4 atom stereocenters. The quantitative estimate of drug-likeness (QED) is 0.774. The largest absolute Gasteiger partial charge is 0.480 e. The number of rotatable bonds is 4. The van der Waals surface area contributed by atoms with Gasteiger partial charge in [0.1, 0.15) is 6.04 Å². The molecule has 0 amide bonds. The molecule has 1 heterocycles. The number of nitrogens with one attached hydrogen (secondary N) is 1. The standard InChI is InChI=1S/C18H23NO4.ClH/c20-17(21)13-4-1-11(2-5-13)7-12-3-6-14-10-19-16(18(22)23)9-15(14)8-12;/h1-2,4-5,12,14-16,19H,3,6-10H2,(H,20,21)(H,22,23);1H/t12?,14-,15?,16?;/m0./s1. The monoisotopic (exact) mass is 353 g/mol. The van der Waals surface area contributed by atoms with Gasteiger partial charge in [0.05, 0.1) is 5.56 Å². The molecule has 24 heavy (non-hydrogen) atoms. The van der Waals surface area contributed by atoms with E-state index in [0.29, 0.717) is 23.3 Å². The lowest BCUT2D eigenvalue weighted by atomic mass is 9.68. The van der Waals surface area contributed by atoms with E-state index in [1.165, 1.54) is 12.0 Å². The van der Waals surface area contributed by atoms with Crippen molar-refractivity contribution < 1.29 is 19.8 Å². The highest BCUT2D eigenvalue weighted by Crippen LogP contribution is 2.39. The summed E-state index contributed by atoms with van der Waals surface area (Å²) in [6.45, 7) is 0.821. The molecule has 1 saturated carbocycles. The maximum atomic E-state index is 11.2. The summed E-state index contributed by atoms with van der Waals surface area (Å²) < 4.78 is 0. The lowest BCUT2D eigenvalue weighted by Gasteiger charge is -2.41. The van der Waals surface area contributed by atoms with E-state index in [4.69, 9.17) is 5.11 Å². The Bertz CT molecular complexity index is 589. The topological polar surface area (TPSA) is 86.6 Å². The minimum absolute atomic E-state index is 0. The van der Waals surface area contributed by atoms with Gasteiger partial charge in [-0.1, -0.05) is 12.1 Å². The molecule has 1 aliphatic heterocycles. The first kappa shape index (κ1) is 18.7. The third kappa shape index (κ3) is 4.28. The number of carboxylic acid groups (broad SMARTS) is 2. The van der Waals surface area contributed by atoms with Crippen LogP contribution in [0.15, 0.2) is 24.3 Å². The Kier molecular flexibility index (Phi) is 6.24. The van der Waals surface area contributed by atoms with Gasteiger partial charge in [-0.25, -0.2) is 4.79 Å². The van der Waals surface area contributed by atoms with Gasteiger partial charge in [-0.3, -0.25) is 4.79 Å². The van der Waals surface area contributed by atoms with Gasteiger partial charge in [0.2, 0.25) is 0 Å². The number of halogens is 1.